The second-order valence-corrected chi connectivity index (χ2v) is 6.51. The highest BCUT2D eigenvalue weighted by molar-refractivity contribution is 8.49. The minimum absolute atomic E-state index is 0.165. The van der Waals surface area contributed by atoms with Gasteiger partial charge in [0, 0.05) is 0 Å². The van der Waals surface area contributed by atoms with Crippen LogP contribution in [0.15, 0.2) is 0 Å². The molecule has 0 rings (SSSR count). The van der Waals surface area contributed by atoms with Crippen LogP contribution in [0.5, 0.6) is 0 Å². The highest BCUT2D eigenvalue weighted by Gasteiger charge is 2.60. The summed E-state index contributed by atoms with van der Waals surface area (Å²) in [6.45, 7) is 2.68. The average molecular weight is 194 g/mol. The smallest absolute Gasteiger partial charge is 0.124 e. The van der Waals surface area contributed by atoms with Crippen molar-refractivity contribution in [2.24, 2.45) is 0 Å². The summed E-state index contributed by atoms with van der Waals surface area (Å²) in [5.41, 5.74) is 0. The molecule has 5 heteroatoms. The first kappa shape index (κ1) is 11.1. The molecule has 0 bridgehead atoms. The fraction of sp³-hybridized carbons (Fsp3) is 1.00. The third-order valence-corrected chi connectivity index (χ3v) is 3.94. The summed E-state index contributed by atoms with van der Waals surface area (Å²) in [6, 6.07) is 0. The Balaban J connectivity index is 4.54. The third-order valence-electron chi connectivity index (χ3n) is 1.31. The van der Waals surface area contributed by atoms with E-state index in [1.807, 2.05) is 0 Å². The SMILES string of the molecule is CCCS(F)(F)(F)(F)CCC. The van der Waals surface area contributed by atoms with Crippen molar-refractivity contribution in [2.75, 3.05) is 11.5 Å². The van der Waals surface area contributed by atoms with E-state index in [2.05, 4.69) is 0 Å². The third kappa shape index (κ3) is 4.50. The van der Waals surface area contributed by atoms with Crippen molar-refractivity contribution in [3.63, 3.8) is 0 Å². The molecule has 0 saturated heterocycles. The van der Waals surface area contributed by atoms with Crippen LogP contribution in [0.2, 0.25) is 0 Å². The van der Waals surface area contributed by atoms with Crippen LogP contribution in [0.25, 0.3) is 0 Å². The van der Waals surface area contributed by atoms with Gasteiger partial charge in [0.1, 0.15) is 0 Å². The van der Waals surface area contributed by atoms with Gasteiger partial charge in [-0.3, -0.25) is 0 Å². The number of hydrogen-bond acceptors (Lipinski definition) is 0. The van der Waals surface area contributed by atoms with E-state index in [-0.39, 0.29) is 12.8 Å². The Morgan fingerprint density at radius 2 is 1.09 bits per heavy atom. The Labute approximate surface area is 64.4 Å². The van der Waals surface area contributed by atoms with Crippen LogP contribution in [-0.2, 0) is 0 Å². The molecule has 0 unspecified atom stereocenters. The molecule has 0 aliphatic heterocycles. The molecule has 0 nitrogen and oxygen atoms in total. The van der Waals surface area contributed by atoms with Crippen molar-refractivity contribution in [1.82, 2.24) is 0 Å². The summed E-state index contributed by atoms with van der Waals surface area (Å²) < 4.78 is 50.3. The molecule has 72 valence electrons. The minimum atomic E-state index is -7.59. The standard InChI is InChI=1S/C6H14F4S/c1-3-5-11(7,8,9,10)6-4-2/h3-6H2,1-2H3. The van der Waals surface area contributed by atoms with Gasteiger partial charge in [0.15, 0.2) is 9.84 Å². The lowest BCUT2D eigenvalue weighted by Gasteiger charge is -2.49. The van der Waals surface area contributed by atoms with Crippen LogP contribution >= 0.6 is 9.84 Å². The van der Waals surface area contributed by atoms with E-state index in [1.165, 1.54) is 13.8 Å². The van der Waals surface area contributed by atoms with Gasteiger partial charge in [0.25, 0.3) is 0 Å². The lowest BCUT2D eigenvalue weighted by atomic mass is 10.6. The monoisotopic (exact) mass is 194 g/mol. The van der Waals surface area contributed by atoms with Gasteiger partial charge in [0.2, 0.25) is 0 Å². The lowest BCUT2D eigenvalue weighted by molar-refractivity contribution is 0.441. The fourth-order valence-electron chi connectivity index (χ4n) is 1.01. The maximum Gasteiger partial charge on any atom is 0.163 e. The Hall–Kier alpha value is 0.0700. The molecular weight excluding hydrogens is 180 g/mol. The Morgan fingerprint density at radius 3 is 1.27 bits per heavy atom. The molecule has 0 aliphatic rings. The zero-order chi connectivity index (χ0) is 9.24. The zero-order valence-corrected chi connectivity index (χ0v) is 7.57. The van der Waals surface area contributed by atoms with Crippen molar-refractivity contribution in [1.29, 1.82) is 0 Å². The fourth-order valence-corrected chi connectivity index (χ4v) is 3.02. The molecule has 0 N–H and O–H groups in total. The van der Waals surface area contributed by atoms with Crippen LogP contribution in [0.3, 0.4) is 0 Å². The number of halogens is 4. The van der Waals surface area contributed by atoms with Gasteiger partial charge in [-0.15, -0.1) is 15.5 Å². The first-order chi connectivity index (χ1) is 4.62. The van der Waals surface area contributed by atoms with Crippen LogP contribution in [0.4, 0.5) is 15.5 Å². The lowest BCUT2D eigenvalue weighted by Crippen LogP contribution is -2.21. The predicted molar refractivity (Wildman–Crippen MR) is 42.3 cm³/mol. The number of hydrogen-bond donors (Lipinski definition) is 0. The average Bonchev–Trinajstić information content (AvgIpc) is 1.59. The topological polar surface area (TPSA) is 0 Å². The zero-order valence-electron chi connectivity index (χ0n) is 6.75. The molecule has 0 aromatic heterocycles. The molecule has 0 aromatic rings. The molecule has 11 heavy (non-hydrogen) atoms. The summed E-state index contributed by atoms with van der Waals surface area (Å²) in [6.07, 6.45) is -0.330. The van der Waals surface area contributed by atoms with Gasteiger partial charge in [-0.1, -0.05) is 13.8 Å². The molecule has 0 fully saturated rings. The van der Waals surface area contributed by atoms with E-state index in [0.717, 1.165) is 0 Å². The molecule has 0 amide bonds. The molecule has 0 spiro atoms. The highest BCUT2D eigenvalue weighted by atomic mass is 32.5. The van der Waals surface area contributed by atoms with Crippen molar-refractivity contribution >= 4 is 9.84 Å². The van der Waals surface area contributed by atoms with E-state index in [0.29, 0.717) is 0 Å². The summed E-state index contributed by atoms with van der Waals surface area (Å²) in [5.74, 6) is -2.48. The first-order valence-electron chi connectivity index (χ1n) is 3.61. The van der Waals surface area contributed by atoms with Gasteiger partial charge in [-0.2, -0.15) is 0 Å². The van der Waals surface area contributed by atoms with E-state index in [9.17, 15) is 15.5 Å². The summed E-state index contributed by atoms with van der Waals surface area (Å²) in [7, 11) is -7.59. The summed E-state index contributed by atoms with van der Waals surface area (Å²) in [5, 5.41) is 0. The number of rotatable bonds is 4. The van der Waals surface area contributed by atoms with Crippen LogP contribution in [0, 0.1) is 0 Å². The van der Waals surface area contributed by atoms with Crippen molar-refractivity contribution in [3.8, 4) is 0 Å². The highest BCUT2D eigenvalue weighted by Crippen LogP contribution is 2.96. The maximum atomic E-state index is 12.6. The van der Waals surface area contributed by atoms with Crippen molar-refractivity contribution in [3.05, 3.63) is 0 Å². The summed E-state index contributed by atoms with van der Waals surface area (Å²) in [4.78, 5) is 0. The van der Waals surface area contributed by atoms with Crippen LogP contribution in [-0.4, -0.2) is 11.5 Å². The molecule has 0 aliphatic carbocycles. The van der Waals surface area contributed by atoms with Gasteiger partial charge in [-0.05, 0) is 12.8 Å². The molecule has 0 heterocycles. The Kier molecular flexibility index (Phi) is 2.29. The molecule has 0 aromatic carbocycles. The van der Waals surface area contributed by atoms with E-state index >= 15 is 0 Å². The van der Waals surface area contributed by atoms with E-state index < -0.39 is 21.3 Å². The molecule has 0 atom stereocenters. The second kappa shape index (κ2) is 2.28. The van der Waals surface area contributed by atoms with Gasteiger partial charge < -0.3 is 0 Å². The van der Waals surface area contributed by atoms with Gasteiger partial charge in [-0.25, -0.2) is 0 Å². The van der Waals surface area contributed by atoms with Gasteiger partial charge >= 0.3 is 0 Å². The van der Waals surface area contributed by atoms with Crippen LogP contribution in [0.1, 0.15) is 26.7 Å². The minimum Gasteiger partial charge on any atom is -0.124 e. The van der Waals surface area contributed by atoms with Crippen molar-refractivity contribution < 1.29 is 15.5 Å². The van der Waals surface area contributed by atoms with E-state index in [1.54, 1.807) is 0 Å². The largest absolute Gasteiger partial charge is 0.163 e. The normalized spacial score (nSPS) is 19.1. The molecule has 0 saturated carbocycles. The van der Waals surface area contributed by atoms with Gasteiger partial charge in [0.05, 0.1) is 11.5 Å². The first-order valence-corrected chi connectivity index (χ1v) is 6.00. The van der Waals surface area contributed by atoms with Crippen molar-refractivity contribution in [2.45, 2.75) is 26.7 Å². The quantitative estimate of drug-likeness (QED) is 0.588. The molecule has 0 radical (unpaired) electrons. The van der Waals surface area contributed by atoms with Crippen LogP contribution < -0.4 is 0 Å². The maximum absolute atomic E-state index is 12.6. The Bertz CT molecular complexity index is 132. The second-order valence-electron chi connectivity index (χ2n) is 2.84. The Morgan fingerprint density at radius 1 is 0.818 bits per heavy atom. The molecular formula is C6H14F4S. The van der Waals surface area contributed by atoms with E-state index in [4.69, 9.17) is 0 Å². The summed E-state index contributed by atoms with van der Waals surface area (Å²) >= 11 is 0. The predicted octanol–water partition coefficient (Wildman–Crippen LogP) is 4.22.